The molecule has 0 aliphatic carbocycles. The van der Waals surface area contributed by atoms with Crippen LogP contribution in [0.5, 0.6) is 0 Å². The normalized spacial score (nSPS) is 11.6. The van der Waals surface area contributed by atoms with Gasteiger partial charge in [-0.2, -0.15) is 0 Å². The minimum absolute atomic E-state index is 0.114. The van der Waals surface area contributed by atoms with Crippen molar-refractivity contribution in [2.24, 2.45) is 0 Å². The van der Waals surface area contributed by atoms with Crippen LogP contribution in [0.1, 0.15) is 38.3 Å². The molecule has 0 saturated heterocycles. The molecule has 0 spiro atoms. The van der Waals surface area contributed by atoms with Crippen molar-refractivity contribution in [3.63, 3.8) is 0 Å². The van der Waals surface area contributed by atoms with E-state index in [-0.39, 0.29) is 5.70 Å². The van der Waals surface area contributed by atoms with E-state index < -0.39 is 0 Å². The number of nitriles is 1. The Hall–Kier alpha value is -3.90. The Labute approximate surface area is 226 Å². The summed E-state index contributed by atoms with van der Waals surface area (Å²) in [5.74, 6) is 0. The van der Waals surface area contributed by atoms with Crippen molar-refractivity contribution in [1.82, 2.24) is 0 Å². The van der Waals surface area contributed by atoms with E-state index in [0.717, 1.165) is 21.9 Å². The molecule has 3 nitrogen and oxygen atoms in total. The molecule has 0 saturated carbocycles. The highest BCUT2D eigenvalue weighted by molar-refractivity contribution is 7.33. The highest BCUT2D eigenvalue weighted by atomic mass is 32.1. The summed E-state index contributed by atoms with van der Waals surface area (Å²) in [6, 6.07) is 19.9. The number of hydrogen-bond acceptors (Lipinski definition) is 4. The molecular weight excluding hydrogens is 491 g/mol. The average molecular weight is 518 g/mol. The molecule has 3 aromatic carbocycles. The molecule has 0 atom stereocenters. The second kappa shape index (κ2) is 9.52. The van der Waals surface area contributed by atoms with E-state index in [2.05, 4.69) is 99.8 Å². The van der Waals surface area contributed by atoms with E-state index in [1.165, 1.54) is 52.9 Å². The van der Waals surface area contributed by atoms with E-state index in [1.54, 1.807) is 28.7 Å². The third kappa shape index (κ3) is 4.42. The van der Waals surface area contributed by atoms with Crippen molar-refractivity contribution in [1.29, 1.82) is 5.26 Å². The van der Waals surface area contributed by atoms with Gasteiger partial charge >= 0.3 is 0 Å². The summed E-state index contributed by atoms with van der Waals surface area (Å²) in [6.45, 7) is 20.3. The van der Waals surface area contributed by atoms with Gasteiger partial charge < -0.3 is 4.90 Å². The average Bonchev–Trinajstić information content (AvgIpc) is 3.41. The number of rotatable bonds is 4. The minimum atomic E-state index is 0.114. The van der Waals surface area contributed by atoms with E-state index in [9.17, 15) is 0 Å². The Morgan fingerprint density at radius 3 is 1.86 bits per heavy atom. The van der Waals surface area contributed by atoms with E-state index in [0.29, 0.717) is 0 Å². The van der Waals surface area contributed by atoms with Gasteiger partial charge in [-0.25, -0.2) is 10.1 Å². The van der Waals surface area contributed by atoms with Gasteiger partial charge in [0, 0.05) is 36.7 Å². The minimum Gasteiger partial charge on any atom is -0.310 e. The Morgan fingerprint density at radius 2 is 1.35 bits per heavy atom. The first-order valence-electron chi connectivity index (χ1n) is 12.1. The van der Waals surface area contributed by atoms with Crippen LogP contribution in [-0.4, -0.2) is 0 Å². The molecule has 0 fully saturated rings. The summed E-state index contributed by atoms with van der Waals surface area (Å²) in [5.41, 5.74) is 11.4. The molecule has 0 aliphatic heterocycles. The second-order valence-corrected chi connectivity index (χ2v) is 11.8. The number of benzene rings is 3. The van der Waals surface area contributed by atoms with Crippen molar-refractivity contribution in [3.05, 3.63) is 104 Å². The van der Waals surface area contributed by atoms with Crippen molar-refractivity contribution >= 4 is 65.3 Å². The predicted octanol–water partition coefficient (Wildman–Crippen LogP) is 10.2. The van der Waals surface area contributed by atoms with Crippen LogP contribution in [0.15, 0.2) is 54.2 Å². The van der Waals surface area contributed by atoms with Crippen molar-refractivity contribution in [3.8, 4) is 6.07 Å². The lowest BCUT2D eigenvalue weighted by Gasteiger charge is -2.28. The molecule has 0 aliphatic rings. The molecule has 0 amide bonds. The SMILES string of the molecule is [C-]#[N+]/C(C#N)=C\c1cc2sc3cc(N(c4cc(C)c(C)c(C)c4)c4cc(C)c(C)c(C)c4)ccc3c2s1. The Balaban J connectivity index is 1.69. The van der Waals surface area contributed by atoms with Crippen molar-refractivity contribution in [2.45, 2.75) is 41.5 Å². The number of fused-ring (bicyclic) bond motifs is 3. The summed E-state index contributed by atoms with van der Waals surface area (Å²) in [6.07, 6.45) is 1.68. The maximum atomic E-state index is 9.12. The van der Waals surface area contributed by atoms with Gasteiger partial charge in [-0.15, -0.1) is 22.7 Å². The van der Waals surface area contributed by atoms with Crippen LogP contribution < -0.4 is 4.90 Å². The summed E-state index contributed by atoms with van der Waals surface area (Å²) < 4.78 is 3.61. The smallest absolute Gasteiger partial charge is 0.263 e. The van der Waals surface area contributed by atoms with Crippen LogP contribution in [0.4, 0.5) is 17.1 Å². The number of aryl methyl sites for hydroxylation is 4. The zero-order valence-corrected chi connectivity index (χ0v) is 23.5. The summed E-state index contributed by atoms with van der Waals surface area (Å²) >= 11 is 3.39. The zero-order chi connectivity index (χ0) is 26.4. The highest BCUT2D eigenvalue weighted by Crippen LogP contribution is 2.44. The molecule has 2 heterocycles. The monoisotopic (exact) mass is 517 g/mol. The fourth-order valence-corrected chi connectivity index (χ4v) is 7.23. The predicted molar refractivity (Wildman–Crippen MR) is 161 cm³/mol. The molecule has 0 N–H and O–H groups in total. The molecule has 0 unspecified atom stereocenters. The van der Waals surface area contributed by atoms with E-state index in [1.807, 2.05) is 6.07 Å². The number of nitrogens with zero attached hydrogens (tertiary/aromatic N) is 3. The molecule has 182 valence electrons. The summed E-state index contributed by atoms with van der Waals surface area (Å²) in [5, 5.41) is 10.3. The van der Waals surface area contributed by atoms with Crippen molar-refractivity contribution < 1.29 is 0 Å². The van der Waals surface area contributed by atoms with Gasteiger partial charge in [0.15, 0.2) is 0 Å². The fraction of sp³-hybridized carbons (Fsp3) is 0.188. The van der Waals surface area contributed by atoms with E-state index >= 15 is 0 Å². The molecule has 5 rings (SSSR count). The number of hydrogen-bond donors (Lipinski definition) is 0. The molecule has 0 radical (unpaired) electrons. The largest absolute Gasteiger partial charge is 0.310 e. The van der Waals surface area contributed by atoms with Gasteiger partial charge in [0.25, 0.3) is 5.70 Å². The maximum absolute atomic E-state index is 9.12. The Morgan fingerprint density at radius 1 is 0.784 bits per heavy atom. The molecule has 5 heteroatoms. The second-order valence-electron chi connectivity index (χ2n) is 9.62. The third-order valence-electron chi connectivity index (χ3n) is 7.26. The standard InChI is InChI=1S/C32H27N3S2/c1-18-10-26(11-19(2)22(18)5)35(27-12-20(3)23(6)21(4)13-27)25-8-9-29-30(15-25)37-31-16-28(36-32(29)31)14-24(17-33)34-7/h8-16H,1-6H3/b24-14-. The van der Waals surface area contributed by atoms with Crippen LogP contribution in [0.2, 0.25) is 0 Å². The zero-order valence-electron chi connectivity index (χ0n) is 21.9. The van der Waals surface area contributed by atoms with Gasteiger partial charge in [-0.05, 0) is 123 Å². The lowest BCUT2D eigenvalue weighted by Crippen LogP contribution is -2.11. The lowest BCUT2D eigenvalue weighted by molar-refractivity contribution is 1.19. The van der Waals surface area contributed by atoms with Gasteiger partial charge in [0.05, 0.1) is 17.3 Å². The first-order chi connectivity index (χ1) is 17.7. The molecule has 5 aromatic rings. The van der Waals surface area contributed by atoms with Gasteiger partial charge in [-0.1, -0.05) is 6.07 Å². The lowest BCUT2D eigenvalue weighted by atomic mass is 10.00. The van der Waals surface area contributed by atoms with Crippen LogP contribution >= 0.6 is 22.7 Å². The van der Waals surface area contributed by atoms with Gasteiger partial charge in [-0.3, -0.25) is 0 Å². The van der Waals surface area contributed by atoms with Crippen molar-refractivity contribution in [2.75, 3.05) is 4.90 Å². The Bertz CT molecular complexity index is 1700. The van der Waals surface area contributed by atoms with Gasteiger partial charge in [0.1, 0.15) is 0 Å². The van der Waals surface area contributed by atoms with Crippen LogP contribution in [0.3, 0.4) is 0 Å². The van der Waals surface area contributed by atoms with Crippen LogP contribution in [-0.2, 0) is 0 Å². The Kier molecular flexibility index (Phi) is 6.38. The topological polar surface area (TPSA) is 31.4 Å². The fourth-order valence-electron chi connectivity index (χ4n) is 4.72. The highest BCUT2D eigenvalue weighted by Gasteiger charge is 2.18. The maximum Gasteiger partial charge on any atom is 0.263 e. The molecule has 37 heavy (non-hydrogen) atoms. The van der Waals surface area contributed by atoms with Gasteiger partial charge in [0.2, 0.25) is 0 Å². The quantitative estimate of drug-likeness (QED) is 0.175. The molecular formula is C32H27N3S2. The summed E-state index contributed by atoms with van der Waals surface area (Å²) in [7, 11) is 0. The van der Waals surface area contributed by atoms with Crippen LogP contribution in [0.25, 0.3) is 30.4 Å². The molecule has 2 aromatic heterocycles. The first kappa shape index (κ1) is 24.8. The van der Waals surface area contributed by atoms with E-state index in [4.69, 9.17) is 11.8 Å². The molecule has 0 bridgehead atoms. The number of allylic oxidation sites excluding steroid dienone is 1. The number of thiophene rings is 2. The third-order valence-corrected chi connectivity index (χ3v) is 9.60. The number of anilines is 3. The first-order valence-corrected chi connectivity index (χ1v) is 13.7. The summed E-state index contributed by atoms with van der Waals surface area (Å²) in [4.78, 5) is 6.61. The van der Waals surface area contributed by atoms with Crippen LogP contribution in [0, 0.1) is 59.4 Å².